The van der Waals surface area contributed by atoms with Gasteiger partial charge in [0.2, 0.25) is 0 Å². The van der Waals surface area contributed by atoms with Crippen molar-refractivity contribution in [2.45, 2.75) is 0 Å². The summed E-state index contributed by atoms with van der Waals surface area (Å²) in [6.07, 6.45) is 0. The van der Waals surface area contributed by atoms with Crippen LogP contribution in [0, 0.1) is 0 Å². The minimum atomic E-state index is 1.12. The first-order chi connectivity index (χ1) is 9.36. The number of rotatable bonds is 1. The van der Waals surface area contributed by atoms with Crippen LogP contribution in [0.25, 0.3) is 11.1 Å². The molecule has 0 heterocycles. The summed E-state index contributed by atoms with van der Waals surface area (Å²) in [6, 6.07) is 30.7. The standard InChI is InChI=1S/C12H9Br.C6H6/c13-12-8-4-7-11(9-12)10-5-2-1-3-6-10;1-2-4-6-5-3-1/h1-9H;1-6H. The average molecular weight is 311 g/mol. The fourth-order valence-electron chi connectivity index (χ4n) is 1.68. The van der Waals surface area contributed by atoms with Crippen molar-refractivity contribution in [1.82, 2.24) is 0 Å². The summed E-state index contributed by atoms with van der Waals surface area (Å²) in [4.78, 5) is 0. The molecule has 0 unspecified atom stereocenters. The number of hydrogen-bond donors (Lipinski definition) is 0. The molecule has 0 N–H and O–H groups in total. The quantitative estimate of drug-likeness (QED) is 0.532. The summed E-state index contributed by atoms with van der Waals surface area (Å²) < 4.78 is 1.12. The van der Waals surface area contributed by atoms with Gasteiger partial charge >= 0.3 is 0 Å². The molecule has 0 atom stereocenters. The molecule has 0 aliphatic carbocycles. The molecule has 0 saturated carbocycles. The van der Waals surface area contributed by atoms with E-state index in [0.717, 1.165) is 4.47 Å². The van der Waals surface area contributed by atoms with Crippen molar-refractivity contribution in [3.05, 3.63) is 95.5 Å². The summed E-state index contributed by atoms with van der Waals surface area (Å²) in [6.45, 7) is 0. The van der Waals surface area contributed by atoms with Gasteiger partial charge in [0.1, 0.15) is 0 Å². The van der Waals surface area contributed by atoms with Gasteiger partial charge < -0.3 is 0 Å². The maximum absolute atomic E-state index is 3.46. The third-order valence-corrected chi connectivity index (χ3v) is 3.09. The molecule has 0 saturated heterocycles. The third-order valence-electron chi connectivity index (χ3n) is 2.60. The molecule has 3 aromatic rings. The van der Waals surface area contributed by atoms with Gasteiger partial charge in [-0.2, -0.15) is 0 Å². The first-order valence-corrected chi connectivity index (χ1v) is 6.96. The van der Waals surface area contributed by atoms with E-state index < -0.39 is 0 Å². The molecule has 19 heavy (non-hydrogen) atoms. The maximum atomic E-state index is 3.46. The van der Waals surface area contributed by atoms with Crippen LogP contribution in [0.4, 0.5) is 0 Å². The van der Waals surface area contributed by atoms with Crippen molar-refractivity contribution in [1.29, 1.82) is 0 Å². The molecule has 0 amide bonds. The van der Waals surface area contributed by atoms with Crippen molar-refractivity contribution in [3.63, 3.8) is 0 Å². The normalized spacial score (nSPS) is 9.32. The van der Waals surface area contributed by atoms with Gasteiger partial charge in [-0.05, 0) is 23.3 Å². The van der Waals surface area contributed by atoms with Gasteiger partial charge in [-0.25, -0.2) is 0 Å². The molecule has 94 valence electrons. The highest BCUT2D eigenvalue weighted by molar-refractivity contribution is 9.10. The number of halogens is 1. The van der Waals surface area contributed by atoms with Gasteiger partial charge in [0.15, 0.2) is 0 Å². The highest BCUT2D eigenvalue weighted by atomic mass is 79.9. The molecule has 0 aromatic heterocycles. The second-order valence-electron chi connectivity index (χ2n) is 4.03. The van der Waals surface area contributed by atoms with E-state index in [1.807, 2.05) is 54.6 Å². The lowest BCUT2D eigenvalue weighted by atomic mass is 10.1. The highest BCUT2D eigenvalue weighted by Gasteiger charge is 1.95. The van der Waals surface area contributed by atoms with Crippen LogP contribution in [-0.2, 0) is 0 Å². The average Bonchev–Trinajstić information content (AvgIpc) is 2.51. The highest BCUT2D eigenvalue weighted by Crippen LogP contribution is 2.22. The Bertz CT molecular complexity index is 562. The van der Waals surface area contributed by atoms with E-state index in [4.69, 9.17) is 0 Å². The fourth-order valence-corrected chi connectivity index (χ4v) is 2.08. The Morgan fingerprint density at radius 3 is 1.47 bits per heavy atom. The van der Waals surface area contributed by atoms with Crippen molar-refractivity contribution in [2.24, 2.45) is 0 Å². The maximum Gasteiger partial charge on any atom is 0.0181 e. The van der Waals surface area contributed by atoms with Gasteiger partial charge in [0.05, 0.1) is 0 Å². The lowest BCUT2D eigenvalue weighted by Crippen LogP contribution is -1.75. The molecule has 0 spiro atoms. The SMILES string of the molecule is Brc1cccc(-c2ccccc2)c1.c1ccccc1. The molecule has 0 aliphatic heterocycles. The molecule has 0 nitrogen and oxygen atoms in total. The lowest BCUT2D eigenvalue weighted by Gasteiger charge is -2.00. The Labute approximate surface area is 122 Å². The summed E-state index contributed by atoms with van der Waals surface area (Å²) >= 11 is 3.46. The third kappa shape index (κ3) is 4.72. The van der Waals surface area contributed by atoms with E-state index in [2.05, 4.69) is 52.3 Å². The molecule has 3 aromatic carbocycles. The summed E-state index contributed by atoms with van der Waals surface area (Å²) in [5, 5.41) is 0. The van der Waals surface area contributed by atoms with E-state index in [0.29, 0.717) is 0 Å². The Morgan fingerprint density at radius 1 is 0.474 bits per heavy atom. The van der Waals surface area contributed by atoms with Gasteiger partial charge in [-0.1, -0.05) is 94.8 Å². The summed E-state index contributed by atoms with van der Waals surface area (Å²) in [7, 11) is 0. The van der Waals surface area contributed by atoms with Crippen LogP contribution >= 0.6 is 15.9 Å². The minimum absolute atomic E-state index is 1.12. The summed E-state index contributed by atoms with van der Waals surface area (Å²) in [5.41, 5.74) is 2.50. The van der Waals surface area contributed by atoms with Crippen molar-refractivity contribution < 1.29 is 0 Å². The monoisotopic (exact) mass is 310 g/mol. The zero-order chi connectivity index (χ0) is 13.3. The first kappa shape index (κ1) is 13.6. The second kappa shape index (κ2) is 7.55. The number of hydrogen-bond acceptors (Lipinski definition) is 0. The van der Waals surface area contributed by atoms with Crippen LogP contribution in [0.5, 0.6) is 0 Å². The van der Waals surface area contributed by atoms with Crippen LogP contribution in [0.15, 0.2) is 95.5 Å². The predicted molar refractivity (Wildman–Crippen MR) is 86.0 cm³/mol. The Kier molecular flexibility index (Phi) is 5.39. The van der Waals surface area contributed by atoms with Crippen LogP contribution in [0.1, 0.15) is 0 Å². The van der Waals surface area contributed by atoms with Crippen LogP contribution in [-0.4, -0.2) is 0 Å². The van der Waals surface area contributed by atoms with E-state index >= 15 is 0 Å². The molecule has 0 aliphatic rings. The van der Waals surface area contributed by atoms with Crippen molar-refractivity contribution >= 4 is 15.9 Å². The lowest BCUT2D eigenvalue weighted by molar-refractivity contribution is 1.59. The fraction of sp³-hybridized carbons (Fsp3) is 0. The van der Waals surface area contributed by atoms with Crippen LogP contribution in [0.2, 0.25) is 0 Å². The Morgan fingerprint density at radius 2 is 0.947 bits per heavy atom. The smallest absolute Gasteiger partial charge is 0.0181 e. The van der Waals surface area contributed by atoms with E-state index in [9.17, 15) is 0 Å². The second-order valence-corrected chi connectivity index (χ2v) is 4.95. The van der Waals surface area contributed by atoms with Crippen LogP contribution in [0.3, 0.4) is 0 Å². The Balaban J connectivity index is 0.000000186. The molecule has 0 radical (unpaired) electrons. The predicted octanol–water partition coefficient (Wildman–Crippen LogP) is 5.80. The Hall–Kier alpha value is -1.86. The molecule has 0 fully saturated rings. The molecular formula is C18H15Br. The zero-order valence-electron chi connectivity index (χ0n) is 10.5. The van der Waals surface area contributed by atoms with Gasteiger partial charge in [-0.3, -0.25) is 0 Å². The minimum Gasteiger partial charge on any atom is -0.0623 e. The molecular weight excluding hydrogens is 296 g/mol. The van der Waals surface area contributed by atoms with E-state index in [1.165, 1.54) is 11.1 Å². The van der Waals surface area contributed by atoms with Crippen molar-refractivity contribution in [3.8, 4) is 11.1 Å². The topological polar surface area (TPSA) is 0 Å². The zero-order valence-corrected chi connectivity index (χ0v) is 12.1. The molecule has 0 bridgehead atoms. The van der Waals surface area contributed by atoms with Gasteiger partial charge in [0.25, 0.3) is 0 Å². The van der Waals surface area contributed by atoms with Gasteiger partial charge in [-0.15, -0.1) is 0 Å². The summed E-state index contributed by atoms with van der Waals surface area (Å²) in [5.74, 6) is 0. The van der Waals surface area contributed by atoms with E-state index in [1.54, 1.807) is 0 Å². The van der Waals surface area contributed by atoms with Crippen molar-refractivity contribution in [2.75, 3.05) is 0 Å². The molecule has 1 heteroatoms. The first-order valence-electron chi connectivity index (χ1n) is 6.17. The van der Waals surface area contributed by atoms with Gasteiger partial charge in [0, 0.05) is 4.47 Å². The molecule has 3 rings (SSSR count). The van der Waals surface area contributed by atoms with Crippen LogP contribution < -0.4 is 0 Å². The largest absolute Gasteiger partial charge is 0.0623 e. The van der Waals surface area contributed by atoms with E-state index in [-0.39, 0.29) is 0 Å². The number of benzene rings is 3.